The Morgan fingerprint density at radius 1 is 1.21 bits per heavy atom. The van der Waals surface area contributed by atoms with Crippen molar-refractivity contribution in [1.29, 1.82) is 0 Å². The minimum absolute atomic E-state index is 0.0404. The number of hydrogen-bond donors (Lipinski definition) is 1. The van der Waals surface area contributed by atoms with Crippen LogP contribution in [-0.2, 0) is 7.05 Å². The average Bonchev–Trinajstić information content (AvgIpc) is 3.16. The van der Waals surface area contributed by atoms with Crippen LogP contribution in [0.25, 0.3) is 11.0 Å². The summed E-state index contributed by atoms with van der Waals surface area (Å²) in [5.74, 6) is 0.710. The van der Waals surface area contributed by atoms with E-state index in [1.165, 1.54) is 12.8 Å². The molecule has 4 rings (SSSR count). The molecule has 5 nitrogen and oxygen atoms in total. The molecule has 124 valence electrons. The maximum Gasteiger partial charge on any atom is 0.329 e. The first-order valence-corrected chi connectivity index (χ1v) is 8.61. The second-order valence-electron chi connectivity index (χ2n) is 6.34. The van der Waals surface area contributed by atoms with Gasteiger partial charge in [-0.05, 0) is 31.0 Å². The monoisotopic (exact) mass is 342 g/mol. The van der Waals surface area contributed by atoms with E-state index in [4.69, 9.17) is 11.6 Å². The van der Waals surface area contributed by atoms with Gasteiger partial charge in [-0.3, -0.25) is 9.13 Å². The maximum atomic E-state index is 12.6. The van der Waals surface area contributed by atoms with Crippen LogP contribution in [0.15, 0.2) is 41.3 Å². The van der Waals surface area contributed by atoms with E-state index in [2.05, 4.69) is 10.3 Å². The largest absolute Gasteiger partial charge is 0.340 e. The molecule has 0 atom stereocenters. The molecule has 2 aromatic heterocycles. The van der Waals surface area contributed by atoms with Crippen LogP contribution in [0.2, 0.25) is 5.02 Å². The van der Waals surface area contributed by atoms with E-state index in [1.54, 1.807) is 10.8 Å². The van der Waals surface area contributed by atoms with E-state index in [0.29, 0.717) is 16.9 Å². The number of nitrogens with one attached hydrogen (secondary N) is 1. The maximum absolute atomic E-state index is 12.6. The SMILES string of the molecule is Cn1c(=O)n(C2CCCC2)c2cc(Nc3cccc(Cl)c3)ncc21. The molecule has 0 radical (unpaired) electrons. The Labute approximate surface area is 144 Å². The van der Waals surface area contributed by atoms with Crippen LogP contribution in [0.5, 0.6) is 0 Å². The highest BCUT2D eigenvalue weighted by Crippen LogP contribution is 2.31. The first-order valence-electron chi connectivity index (χ1n) is 8.23. The molecule has 2 heterocycles. The summed E-state index contributed by atoms with van der Waals surface area (Å²) in [6.07, 6.45) is 6.27. The molecule has 0 saturated heterocycles. The second kappa shape index (κ2) is 5.98. The van der Waals surface area contributed by atoms with Gasteiger partial charge in [0.15, 0.2) is 0 Å². The van der Waals surface area contributed by atoms with Crippen molar-refractivity contribution in [1.82, 2.24) is 14.1 Å². The number of aromatic nitrogens is 3. The minimum atomic E-state index is 0.0404. The van der Waals surface area contributed by atoms with Crippen molar-refractivity contribution >= 4 is 34.1 Å². The number of benzene rings is 1. The van der Waals surface area contributed by atoms with Crippen molar-refractivity contribution in [3.05, 3.63) is 52.0 Å². The molecule has 0 bridgehead atoms. The van der Waals surface area contributed by atoms with Gasteiger partial charge in [-0.1, -0.05) is 30.5 Å². The molecule has 0 unspecified atom stereocenters. The molecule has 1 aliphatic carbocycles. The first kappa shape index (κ1) is 15.3. The fraction of sp³-hybridized carbons (Fsp3) is 0.333. The predicted octanol–water partition coefficient (Wildman–Crippen LogP) is 4.25. The summed E-state index contributed by atoms with van der Waals surface area (Å²) in [6.45, 7) is 0. The molecular weight excluding hydrogens is 324 g/mol. The number of imidazole rings is 1. The summed E-state index contributed by atoms with van der Waals surface area (Å²) in [7, 11) is 1.81. The fourth-order valence-corrected chi connectivity index (χ4v) is 3.74. The lowest BCUT2D eigenvalue weighted by Gasteiger charge is -2.12. The third-order valence-electron chi connectivity index (χ3n) is 4.76. The standard InChI is InChI=1S/C18H19ClN4O/c1-22-16-11-20-17(21-13-6-4-5-12(19)9-13)10-15(16)23(18(22)24)14-7-2-3-8-14/h4-6,9-11,14H,2-3,7-8H2,1H3,(H,20,21). The fourth-order valence-electron chi connectivity index (χ4n) is 3.55. The Kier molecular flexibility index (Phi) is 3.81. The summed E-state index contributed by atoms with van der Waals surface area (Å²) in [6, 6.07) is 9.76. The molecule has 1 aliphatic rings. The summed E-state index contributed by atoms with van der Waals surface area (Å²) in [5, 5.41) is 3.93. The van der Waals surface area contributed by atoms with E-state index in [-0.39, 0.29) is 5.69 Å². The topological polar surface area (TPSA) is 51.9 Å². The minimum Gasteiger partial charge on any atom is -0.340 e. The summed E-state index contributed by atoms with van der Waals surface area (Å²) >= 11 is 6.03. The molecule has 6 heteroatoms. The van der Waals surface area contributed by atoms with Crippen LogP contribution in [0.4, 0.5) is 11.5 Å². The predicted molar refractivity (Wildman–Crippen MR) is 97.2 cm³/mol. The lowest BCUT2D eigenvalue weighted by atomic mass is 10.2. The quantitative estimate of drug-likeness (QED) is 0.774. The van der Waals surface area contributed by atoms with Crippen molar-refractivity contribution in [2.24, 2.45) is 7.05 Å². The summed E-state index contributed by atoms with van der Waals surface area (Å²) in [5.41, 5.74) is 2.72. The van der Waals surface area contributed by atoms with Crippen molar-refractivity contribution in [2.75, 3.05) is 5.32 Å². The molecule has 3 aromatic rings. The van der Waals surface area contributed by atoms with Gasteiger partial charge in [-0.25, -0.2) is 9.78 Å². The number of halogens is 1. The van der Waals surface area contributed by atoms with Crippen molar-refractivity contribution < 1.29 is 0 Å². The van der Waals surface area contributed by atoms with Crippen LogP contribution >= 0.6 is 11.6 Å². The number of anilines is 2. The van der Waals surface area contributed by atoms with E-state index in [0.717, 1.165) is 29.6 Å². The Morgan fingerprint density at radius 3 is 2.75 bits per heavy atom. The van der Waals surface area contributed by atoms with Gasteiger partial charge in [0, 0.05) is 29.9 Å². The van der Waals surface area contributed by atoms with E-state index >= 15 is 0 Å². The Hall–Kier alpha value is -2.27. The van der Waals surface area contributed by atoms with Gasteiger partial charge < -0.3 is 5.32 Å². The van der Waals surface area contributed by atoms with Gasteiger partial charge in [0.2, 0.25) is 0 Å². The van der Waals surface area contributed by atoms with Gasteiger partial charge in [0.1, 0.15) is 5.82 Å². The van der Waals surface area contributed by atoms with Gasteiger partial charge in [-0.2, -0.15) is 0 Å². The zero-order valence-corrected chi connectivity index (χ0v) is 14.3. The average molecular weight is 343 g/mol. The van der Waals surface area contributed by atoms with E-state index in [9.17, 15) is 4.79 Å². The highest BCUT2D eigenvalue weighted by Gasteiger charge is 2.23. The zero-order valence-electron chi connectivity index (χ0n) is 13.5. The number of pyridine rings is 1. The molecule has 1 N–H and O–H groups in total. The number of fused-ring (bicyclic) bond motifs is 1. The molecular formula is C18H19ClN4O. The van der Waals surface area contributed by atoms with Gasteiger partial charge >= 0.3 is 5.69 Å². The van der Waals surface area contributed by atoms with Crippen LogP contribution in [-0.4, -0.2) is 14.1 Å². The second-order valence-corrected chi connectivity index (χ2v) is 6.78. The normalized spacial score (nSPS) is 15.2. The number of hydrogen-bond acceptors (Lipinski definition) is 3. The summed E-state index contributed by atoms with van der Waals surface area (Å²) < 4.78 is 3.62. The third-order valence-corrected chi connectivity index (χ3v) is 5.00. The van der Waals surface area contributed by atoms with Crippen LogP contribution in [0.1, 0.15) is 31.7 Å². The number of nitrogens with zero attached hydrogens (tertiary/aromatic N) is 3. The molecule has 0 spiro atoms. The first-order chi connectivity index (χ1) is 11.6. The van der Waals surface area contributed by atoms with Gasteiger partial charge in [0.25, 0.3) is 0 Å². The molecule has 1 saturated carbocycles. The highest BCUT2D eigenvalue weighted by atomic mass is 35.5. The van der Waals surface area contributed by atoms with Crippen LogP contribution in [0, 0.1) is 0 Å². The molecule has 0 aliphatic heterocycles. The molecule has 1 fully saturated rings. The van der Waals surface area contributed by atoms with Gasteiger partial charge in [0.05, 0.1) is 17.2 Å². The van der Waals surface area contributed by atoms with Crippen LogP contribution in [0.3, 0.4) is 0 Å². The Morgan fingerprint density at radius 2 is 2.00 bits per heavy atom. The smallest absolute Gasteiger partial charge is 0.329 e. The van der Waals surface area contributed by atoms with Crippen LogP contribution < -0.4 is 11.0 Å². The molecule has 1 aromatic carbocycles. The number of aryl methyl sites for hydroxylation is 1. The van der Waals surface area contributed by atoms with E-state index in [1.807, 2.05) is 41.9 Å². The Bertz CT molecular complexity index is 953. The van der Waals surface area contributed by atoms with Crippen molar-refractivity contribution in [3.63, 3.8) is 0 Å². The lowest BCUT2D eigenvalue weighted by molar-refractivity contribution is 0.509. The molecule has 24 heavy (non-hydrogen) atoms. The summed E-state index contributed by atoms with van der Waals surface area (Å²) in [4.78, 5) is 17.1. The lowest BCUT2D eigenvalue weighted by Crippen LogP contribution is -2.24. The zero-order chi connectivity index (χ0) is 16.7. The van der Waals surface area contributed by atoms with E-state index < -0.39 is 0 Å². The third kappa shape index (κ3) is 2.59. The van der Waals surface area contributed by atoms with Crippen molar-refractivity contribution in [3.8, 4) is 0 Å². The van der Waals surface area contributed by atoms with Gasteiger partial charge in [-0.15, -0.1) is 0 Å². The Balaban J connectivity index is 1.79. The number of rotatable bonds is 3. The van der Waals surface area contributed by atoms with Crippen molar-refractivity contribution in [2.45, 2.75) is 31.7 Å². The highest BCUT2D eigenvalue weighted by molar-refractivity contribution is 6.30. The molecule has 0 amide bonds.